The van der Waals surface area contributed by atoms with Gasteiger partial charge in [0.2, 0.25) is 0 Å². The molecule has 0 heterocycles. The molecule has 2 aromatic rings. The van der Waals surface area contributed by atoms with Crippen LogP contribution in [-0.2, 0) is 6.18 Å². The molecule has 0 aliphatic carbocycles. The van der Waals surface area contributed by atoms with Crippen molar-refractivity contribution in [3.05, 3.63) is 69.2 Å². The summed E-state index contributed by atoms with van der Waals surface area (Å²) in [5, 5.41) is 4.14. The molecule has 2 rings (SSSR count). The van der Waals surface area contributed by atoms with Crippen molar-refractivity contribution >= 4 is 35.3 Å². The molecule has 0 radical (unpaired) electrons. The van der Waals surface area contributed by atoms with Gasteiger partial charge in [-0.15, -0.1) is 0 Å². The van der Waals surface area contributed by atoms with Gasteiger partial charge in [-0.3, -0.25) is 4.79 Å². The van der Waals surface area contributed by atoms with Crippen LogP contribution in [0.2, 0.25) is 10.0 Å². The maximum Gasteiger partial charge on any atom is 0.416 e. The van der Waals surface area contributed by atoms with E-state index in [1.54, 1.807) is 0 Å². The Hall–Kier alpha value is -2.05. The second-order valence-electron chi connectivity index (χ2n) is 4.45. The van der Waals surface area contributed by atoms with Crippen LogP contribution in [0.25, 0.3) is 0 Å². The molecule has 0 saturated carbocycles. The number of nitrogens with zero attached hydrogens (tertiary/aromatic N) is 1. The number of alkyl halides is 3. The summed E-state index contributed by atoms with van der Waals surface area (Å²) in [6.45, 7) is 0. The minimum Gasteiger partial charge on any atom is -0.267 e. The fraction of sp³-hybridized carbons (Fsp3) is 0.0667. The number of carbonyl (C=O) groups excluding carboxylic acids is 1. The van der Waals surface area contributed by atoms with Crippen molar-refractivity contribution in [1.82, 2.24) is 5.43 Å². The van der Waals surface area contributed by atoms with Crippen molar-refractivity contribution in [2.45, 2.75) is 6.18 Å². The van der Waals surface area contributed by atoms with Gasteiger partial charge in [0.05, 0.1) is 21.8 Å². The lowest BCUT2D eigenvalue weighted by atomic mass is 10.1. The van der Waals surface area contributed by atoms with Crippen molar-refractivity contribution in [2.75, 3.05) is 0 Å². The molecule has 120 valence electrons. The van der Waals surface area contributed by atoms with Crippen LogP contribution in [0.3, 0.4) is 0 Å². The highest BCUT2D eigenvalue weighted by atomic mass is 35.5. The highest BCUT2D eigenvalue weighted by molar-refractivity contribution is 6.42. The van der Waals surface area contributed by atoms with Gasteiger partial charge in [0.25, 0.3) is 5.91 Å². The number of hydrazone groups is 1. The Morgan fingerprint density at radius 2 is 1.83 bits per heavy atom. The first-order valence-corrected chi connectivity index (χ1v) is 6.98. The Morgan fingerprint density at radius 1 is 1.09 bits per heavy atom. The number of rotatable bonds is 3. The van der Waals surface area contributed by atoms with Crippen LogP contribution in [-0.4, -0.2) is 12.1 Å². The molecule has 8 heteroatoms. The summed E-state index contributed by atoms with van der Waals surface area (Å²) in [5.74, 6) is -0.563. The smallest absolute Gasteiger partial charge is 0.267 e. The Labute approximate surface area is 139 Å². The number of nitrogens with one attached hydrogen (secondary N) is 1. The number of halogens is 5. The van der Waals surface area contributed by atoms with E-state index in [0.717, 1.165) is 18.3 Å². The molecule has 0 atom stereocenters. The van der Waals surface area contributed by atoms with Gasteiger partial charge in [-0.2, -0.15) is 18.3 Å². The van der Waals surface area contributed by atoms with E-state index >= 15 is 0 Å². The summed E-state index contributed by atoms with van der Waals surface area (Å²) >= 11 is 11.5. The third kappa shape index (κ3) is 4.71. The highest BCUT2D eigenvalue weighted by Gasteiger charge is 2.30. The van der Waals surface area contributed by atoms with E-state index in [-0.39, 0.29) is 16.1 Å². The van der Waals surface area contributed by atoms with Crippen LogP contribution >= 0.6 is 23.2 Å². The summed E-state index contributed by atoms with van der Waals surface area (Å²) in [5.41, 5.74) is 1.83. The Bertz CT molecular complexity index is 761. The van der Waals surface area contributed by atoms with E-state index in [2.05, 4.69) is 10.5 Å². The summed E-state index contributed by atoms with van der Waals surface area (Å²) in [6, 6.07) is 8.83. The van der Waals surface area contributed by atoms with E-state index in [9.17, 15) is 18.0 Å². The fourth-order valence-electron chi connectivity index (χ4n) is 1.66. The minimum atomic E-state index is -4.44. The van der Waals surface area contributed by atoms with Gasteiger partial charge in [0, 0.05) is 5.56 Å². The SMILES string of the molecule is O=C(N/N=C\c1cccc(C(F)(F)F)c1)c1ccc(Cl)c(Cl)c1. The van der Waals surface area contributed by atoms with E-state index in [1.807, 2.05) is 0 Å². The van der Waals surface area contributed by atoms with Gasteiger partial charge in [0.15, 0.2) is 0 Å². The lowest BCUT2D eigenvalue weighted by Crippen LogP contribution is -2.17. The van der Waals surface area contributed by atoms with Gasteiger partial charge in [-0.25, -0.2) is 5.43 Å². The molecule has 0 unspecified atom stereocenters. The Balaban J connectivity index is 2.06. The molecule has 0 spiro atoms. The van der Waals surface area contributed by atoms with Crippen molar-refractivity contribution < 1.29 is 18.0 Å². The average Bonchev–Trinajstić information content (AvgIpc) is 2.49. The molecular formula is C15H9Cl2F3N2O. The van der Waals surface area contributed by atoms with Crippen molar-refractivity contribution in [2.24, 2.45) is 5.10 Å². The fourth-order valence-corrected chi connectivity index (χ4v) is 1.96. The lowest BCUT2D eigenvalue weighted by Gasteiger charge is -2.06. The molecule has 0 aliphatic heterocycles. The molecule has 2 aromatic carbocycles. The van der Waals surface area contributed by atoms with Crippen LogP contribution in [0.15, 0.2) is 47.6 Å². The van der Waals surface area contributed by atoms with Gasteiger partial charge in [0.1, 0.15) is 0 Å². The first kappa shape index (κ1) is 17.3. The van der Waals surface area contributed by atoms with Crippen LogP contribution in [0, 0.1) is 0 Å². The first-order chi connectivity index (χ1) is 10.8. The quantitative estimate of drug-likeness (QED) is 0.621. The lowest BCUT2D eigenvalue weighted by molar-refractivity contribution is -0.137. The highest BCUT2D eigenvalue weighted by Crippen LogP contribution is 2.29. The van der Waals surface area contributed by atoms with Crippen molar-refractivity contribution in [3.8, 4) is 0 Å². The van der Waals surface area contributed by atoms with Gasteiger partial charge >= 0.3 is 6.18 Å². The van der Waals surface area contributed by atoms with Gasteiger partial charge in [-0.05, 0) is 35.9 Å². The zero-order chi connectivity index (χ0) is 17.0. The maximum absolute atomic E-state index is 12.6. The number of benzene rings is 2. The minimum absolute atomic E-state index is 0.203. The zero-order valence-corrected chi connectivity index (χ0v) is 12.9. The van der Waals surface area contributed by atoms with Gasteiger partial charge < -0.3 is 0 Å². The number of hydrogen-bond donors (Lipinski definition) is 1. The molecule has 0 saturated heterocycles. The molecule has 0 fully saturated rings. The predicted molar refractivity (Wildman–Crippen MR) is 83.0 cm³/mol. The zero-order valence-electron chi connectivity index (χ0n) is 11.4. The second kappa shape index (κ2) is 7.02. The molecule has 0 aliphatic rings. The standard InChI is InChI=1S/C15H9Cl2F3N2O/c16-12-5-4-10(7-13(12)17)14(23)22-21-8-9-2-1-3-11(6-9)15(18,19)20/h1-8H,(H,22,23)/b21-8-. The largest absolute Gasteiger partial charge is 0.416 e. The second-order valence-corrected chi connectivity index (χ2v) is 5.27. The topological polar surface area (TPSA) is 41.5 Å². The third-order valence-electron chi connectivity index (χ3n) is 2.78. The first-order valence-electron chi connectivity index (χ1n) is 6.23. The maximum atomic E-state index is 12.6. The van der Waals surface area contributed by atoms with E-state index < -0.39 is 17.6 Å². The molecule has 1 amide bonds. The summed E-state index contributed by atoms with van der Waals surface area (Å²) in [4.78, 5) is 11.8. The molecule has 3 nitrogen and oxygen atoms in total. The van der Waals surface area contributed by atoms with E-state index in [1.165, 1.54) is 30.3 Å². The van der Waals surface area contributed by atoms with Crippen LogP contribution in [0.4, 0.5) is 13.2 Å². The van der Waals surface area contributed by atoms with Crippen molar-refractivity contribution in [3.63, 3.8) is 0 Å². The molecule has 1 N–H and O–H groups in total. The van der Waals surface area contributed by atoms with Crippen molar-refractivity contribution in [1.29, 1.82) is 0 Å². The van der Waals surface area contributed by atoms with Crippen LogP contribution in [0.5, 0.6) is 0 Å². The Morgan fingerprint density at radius 3 is 2.48 bits per heavy atom. The normalized spacial score (nSPS) is 11.7. The summed E-state index contributed by atoms with van der Waals surface area (Å²) in [6.07, 6.45) is -3.32. The average molecular weight is 361 g/mol. The van der Waals surface area contributed by atoms with E-state index in [4.69, 9.17) is 23.2 Å². The third-order valence-corrected chi connectivity index (χ3v) is 3.51. The number of carbonyl (C=O) groups is 1. The molecule has 0 bridgehead atoms. The van der Waals surface area contributed by atoms with Gasteiger partial charge in [-0.1, -0.05) is 35.3 Å². The van der Waals surface area contributed by atoms with Crippen LogP contribution < -0.4 is 5.43 Å². The summed E-state index contributed by atoms with van der Waals surface area (Å²) < 4.78 is 37.7. The molecule has 0 aromatic heterocycles. The van der Waals surface area contributed by atoms with E-state index in [0.29, 0.717) is 5.02 Å². The summed E-state index contributed by atoms with van der Waals surface area (Å²) in [7, 11) is 0. The molecular weight excluding hydrogens is 352 g/mol. The predicted octanol–water partition coefficient (Wildman–Crippen LogP) is 4.78. The van der Waals surface area contributed by atoms with Crippen LogP contribution in [0.1, 0.15) is 21.5 Å². The Kier molecular flexibility index (Phi) is 5.28. The molecule has 23 heavy (non-hydrogen) atoms. The number of hydrogen-bond acceptors (Lipinski definition) is 2. The monoisotopic (exact) mass is 360 g/mol. The number of amides is 1.